The summed E-state index contributed by atoms with van der Waals surface area (Å²) in [6, 6.07) is 15.6. The van der Waals surface area contributed by atoms with Crippen molar-refractivity contribution >= 4 is 22.4 Å². The fourth-order valence-corrected chi connectivity index (χ4v) is 3.89. The number of nitrogens with one attached hydrogen (secondary N) is 1. The molecule has 1 amide bonds. The van der Waals surface area contributed by atoms with Gasteiger partial charge in [0.05, 0.1) is 5.56 Å². The van der Waals surface area contributed by atoms with E-state index in [4.69, 9.17) is 0 Å². The third kappa shape index (κ3) is 3.65. The van der Waals surface area contributed by atoms with Crippen LogP contribution < -0.4 is 15.8 Å². The molecule has 5 nitrogen and oxygen atoms in total. The van der Waals surface area contributed by atoms with Crippen molar-refractivity contribution in [2.45, 2.75) is 25.8 Å². The first kappa shape index (κ1) is 18.3. The molecule has 1 aliphatic heterocycles. The molecule has 1 N–H and O–H groups in total. The normalized spacial score (nSPS) is 14.2. The van der Waals surface area contributed by atoms with Crippen LogP contribution in [0.3, 0.4) is 0 Å². The molecular weight excluding hydrogens is 350 g/mol. The standard InChI is InChI=1S/C23H25N3O2/c1-25-16-21(19-10-3-4-11-20(19)23(25)28)22(27)24-15-17-8-7-9-18(14-17)26-12-5-2-6-13-26/h3-4,7-11,14,16H,2,5-6,12-13,15H2,1H3,(H,24,27). The molecule has 4 rings (SSSR count). The molecule has 0 atom stereocenters. The minimum absolute atomic E-state index is 0.0959. The lowest BCUT2D eigenvalue weighted by atomic mass is 10.1. The Morgan fingerprint density at radius 1 is 1.00 bits per heavy atom. The Morgan fingerprint density at radius 2 is 1.75 bits per heavy atom. The Hall–Kier alpha value is -3.08. The van der Waals surface area contributed by atoms with Crippen LogP contribution in [0.25, 0.3) is 10.8 Å². The van der Waals surface area contributed by atoms with E-state index in [2.05, 4.69) is 22.3 Å². The van der Waals surface area contributed by atoms with Crippen LogP contribution in [0.15, 0.2) is 59.5 Å². The number of aryl methyl sites for hydroxylation is 1. The molecular formula is C23H25N3O2. The van der Waals surface area contributed by atoms with Gasteiger partial charge in [-0.2, -0.15) is 0 Å². The SMILES string of the molecule is Cn1cc(C(=O)NCc2cccc(N3CCCCC3)c2)c2ccccc2c1=O. The van der Waals surface area contributed by atoms with Gasteiger partial charge in [-0.1, -0.05) is 30.3 Å². The maximum Gasteiger partial charge on any atom is 0.258 e. The summed E-state index contributed by atoms with van der Waals surface area (Å²) < 4.78 is 1.47. The first-order valence-corrected chi connectivity index (χ1v) is 9.84. The molecule has 0 aliphatic carbocycles. The minimum Gasteiger partial charge on any atom is -0.372 e. The molecule has 2 aromatic carbocycles. The molecule has 1 aliphatic rings. The van der Waals surface area contributed by atoms with Gasteiger partial charge < -0.3 is 14.8 Å². The van der Waals surface area contributed by atoms with Crippen LogP contribution in [-0.4, -0.2) is 23.6 Å². The van der Waals surface area contributed by atoms with Crippen molar-refractivity contribution in [1.82, 2.24) is 9.88 Å². The lowest BCUT2D eigenvalue weighted by molar-refractivity contribution is 0.0952. The smallest absolute Gasteiger partial charge is 0.258 e. The van der Waals surface area contributed by atoms with Crippen molar-refractivity contribution in [2.24, 2.45) is 7.05 Å². The van der Waals surface area contributed by atoms with Gasteiger partial charge in [0, 0.05) is 49.3 Å². The van der Waals surface area contributed by atoms with Gasteiger partial charge in [-0.15, -0.1) is 0 Å². The number of carbonyl (C=O) groups is 1. The van der Waals surface area contributed by atoms with Crippen molar-refractivity contribution in [3.63, 3.8) is 0 Å². The van der Waals surface area contributed by atoms with Gasteiger partial charge in [0.2, 0.25) is 0 Å². The Kier molecular flexibility index (Phi) is 5.15. The van der Waals surface area contributed by atoms with E-state index in [0.717, 1.165) is 18.7 Å². The molecule has 0 spiro atoms. The quantitative estimate of drug-likeness (QED) is 0.760. The number of hydrogen-bond donors (Lipinski definition) is 1. The Labute approximate surface area is 164 Å². The molecule has 0 unspecified atom stereocenters. The van der Waals surface area contributed by atoms with Crippen LogP contribution in [0, 0.1) is 0 Å². The highest BCUT2D eigenvalue weighted by Crippen LogP contribution is 2.21. The largest absolute Gasteiger partial charge is 0.372 e. The Balaban J connectivity index is 1.53. The van der Waals surface area contributed by atoms with Crippen LogP contribution >= 0.6 is 0 Å². The lowest BCUT2D eigenvalue weighted by Gasteiger charge is -2.29. The molecule has 0 saturated carbocycles. The molecule has 144 valence electrons. The molecule has 1 aromatic heterocycles. The van der Waals surface area contributed by atoms with Gasteiger partial charge >= 0.3 is 0 Å². The van der Waals surface area contributed by atoms with Crippen LogP contribution in [0.5, 0.6) is 0 Å². The highest BCUT2D eigenvalue weighted by atomic mass is 16.2. The van der Waals surface area contributed by atoms with Crippen molar-refractivity contribution in [1.29, 1.82) is 0 Å². The van der Waals surface area contributed by atoms with Gasteiger partial charge in [-0.05, 0) is 43.0 Å². The molecule has 0 bridgehead atoms. The van der Waals surface area contributed by atoms with E-state index in [1.165, 1.54) is 29.5 Å². The van der Waals surface area contributed by atoms with Gasteiger partial charge in [-0.25, -0.2) is 0 Å². The van der Waals surface area contributed by atoms with Crippen molar-refractivity contribution in [2.75, 3.05) is 18.0 Å². The molecule has 2 heterocycles. The topological polar surface area (TPSA) is 54.3 Å². The summed E-state index contributed by atoms with van der Waals surface area (Å²) in [6.45, 7) is 2.65. The number of fused-ring (bicyclic) bond motifs is 1. The highest BCUT2D eigenvalue weighted by Gasteiger charge is 2.14. The number of pyridine rings is 1. The number of nitrogens with zero attached hydrogens (tertiary/aromatic N) is 2. The van der Waals surface area contributed by atoms with E-state index in [9.17, 15) is 9.59 Å². The van der Waals surface area contributed by atoms with Gasteiger partial charge in [0.15, 0.2) is 0 Å². The molecule has 5 heteroatoms. The second-order valence-corrected chi connectivity index (χ2v) is 7.40. The van der Waals surface area contributed by atoms with Crippen LogP contribution in [0.4, 0.5) is 5.69 Å². The predicted octanol–water partition coefficient (Wildman–Crippen LogP) is 3.46. The number of rotatable bonds is 4. The summed E-state index contributed by atoms with van der Waals surface area (Å²) in [5.74, 6) is -0.171. The van der Waals surface area contributed by atoms with E-state index in [1.54, 1.807) is 19.3 Å². The van der Waals surface area contributed by atoms with E-state index < -0.39 is 0 Å². The maximum absolute atomic E-state index is 12.8. The second-order valence-electron chi connectivity index (χ2n) is 7.40. The summed E-state index contributed by atoms with van der Waals surface area (Å²) in [7, 11) is 1.67. The van der Waals surface area contributed by atoms with E-state index >= 15 is 0 Å². The molecule has 3 aromatic rings. The highest BCUT2D eigenvalue weighted by molar-refractivity contribution is 6.06. The number of hydrogen-bond acceptors (Lipinski definition) is 3. The zero-order valence-electron chi connectivity index (χ0n) is 16.1. The summed E-state index contributed by atoms with van der Waals surface area (Å²) in [5, 5.41) is 4.26. The summed E-state index contributed by atoms with van der Waals surface area (Å²) in [6.07, 6.45) is 5.39. The number of aromatic nitrogens is 1. The zero-order valence-corrected chi connectivity index (χ0v) is 16.1. The lowest BCUT2D eigenvalue weighted by Crippen LogP contribution is -2.29. The number of piperidine rings is 1. The summed E-state index contributed by atoms with van der Waals surface area (Å²) >= 11 is 0. The molecule has 1 fully saturated rings. The van der Waals surface area contributed by atoms with Gasteiger partial charge in [-0.3, -0.25) is 9.59 Å². The van der Waals surface area contributed by atoms with E-state index in [1.807, 2.05) is 30.3 Å². The number of benzene rings is 2. The summed E-state index contributed by atoms with van der Waals surface area (Å²) in [5.41, 5.74) is 2.72. The Bertz CT molecular complexity index is 1060. The monoisotopic (exact) mass is 375 g/mol. The van der Waals surface area contributed by atoms with Gasteiger partial charge in [0.1, 0.15) is 0 Å². The van der Waals surface area contributed by atoms with Crippen LogP contribution in [0.1, 0.15) is 35.2 Å². The zero-order chi connectivity index (χ0) is 19.5. The molecule has 28 heavy (non-hydrogen) atoms. The van der Waals surface area contributed by atoms with E-state index in [0.29, 0.717) is 22.9 Å². The second kappa shape index (κ2) is 7.89. The predicted molar refractivity (Wildman–Crippen MR) is 113 cm³/mol. The van der Waals surface area contributed by atoms with E-state index in [-0.39, 0.29) is 11.5 Å². The van der Waals surface area contributed by atoms with Crippen molar-refractivity contribution in [3.05, 3.63) is 76.2 Å². The summed E-state index contributed by atoms with van der Waals surface area (Å²) in [4.78, 5) is 27.6. The Morgan fingerprint density at radius 3 is 2.54 bits per heavy atom. The first-order valence-electron chi connectivity index (χ1n) is 9.84. The maximum atomic E-state index is 12.8. The average Bonchev–Trinajstić information content (AvgIpc) is 2.75. The average molecular weight is 375 g/mol. The van der Waals surface area contributed by atoms with Crippen LogP contribution in [-0.2, 0) is 13.6 Å². The number of carbonyl (C=O) groups excluding carboxylic acids is 1. The molecule has 1 saturated heterocycles. The van der Waals surface area contributed by atoms with Crippen molar-refractivity contribution in [3.8, 4) is 0 Å². The first-order chi connectivity index (χ1) is 13.6. The third-order valence-electron chi connectivity index (χ3n) is 5.42. The fraction of sp³-hybridized carbons (Fsp3) is 0.304. The van der Waals surface area contributed by atoms with Crippen LogP contribution in [0.2, 0.25) is 0 Å². The molecule has 0 radical (unpaired) electrons. The number of amides is 1. The fourth-order valence-electron chi connectivity index (χ4n) is 3.89. The number of anilines is 1. The van der Waals surface area contributed by atoms with Gasteiger partial charge in [0.25, 0.3) is 11.5 Å². The minimum atomic E-state index is -0.171. The van der Waals surface area contributed by atoms with Crippen molar-refractivity contribution < 1.29 is 4.79 Å². The third-order valence-corrected chi connectivity index (χ3v) is 5.42.